The molecule has 1 fully saturated rings. The first-order valence-corrected chi connectivity index (χ1v) is 6.11. The van der Waals surface area contributed by atoms with Crippen molar-refractivity contribution in [2.45, 2.75) is 32.7 Å². The Bertz CT molecular complexity index is 464. The molecule has 0 spiro atoms. The van der Waals surface area contributed by atoms with Gasteiger partial charge < -0.3 is 4.90 Å². The number of piperidine rings is 1. The van der Waals surface area contributed by atoms with E-state index in [0.29, 0.717) is 12.5 Å². The van der Waals surface area contributed by atoms with Crippen LogP contribution >= 0.6 is 0 Å². The van der Waals surface area contributed by atoms with Gasteiger partial charge in [-0.05, 0) is 31.7 Å². The van der Waals surface area contributed by atoms with Gasteiger partial charge in [-0.2, -0.15) is 4.39 Å². The van der Waals surface area contributed by atoms with Crippen molar-refractivity contribution in [3.63, 3.8) is 0 Å². The third-order valence-corrected chi connectivity index (χ3v) is 3.46. The molecule has 0 aliphatic carbocycles. The van der Waals surface area contributed by atoms with Crippen LogP contribution in [0.5, 0.6) is 0 Å². The van der Waals surface area contributed by atoms with Gasteiger partial charge in [-0.3, -0.25) is 4.79 Å². The van der Waals surface area contributed by atoms with Gasteiger partial charge in [-0.1, -0.05) is 6.92 Å². The fraction of sp³-hybridized carbons (Fsp3) is 0.538. The minimum absolute atomic E-state index is 0.0596. The van der Waals surface area contributed by atoms with Crippen molar-refractivity contribution in [3.05, 3.63) is 29.6 Å². The van der Waals surface area contributed by atoms with Crippen LogP contribution in [0, 0.1) is 17.7 Å². The van der Waals surface area contributed by atoms with Gasteiger partial charge in [-0.25, -0.2) is 9.37 Å². The summed E-state index contributed by atoms with van der Waals surface area (Å²) in [6.07, 6.45) is 3.06. The van der Waals surface area contributed by atoms with Crippen molar-refractivity contribution in [3.8, 4) is 0 Å². The highest BCUT2D eigenvalue weighted by Crippen LogP contribution is 2.24. The molecule has 2 unspecified atom stereocenters. The molecule has 1 amide bonds. The molecule has 0 N–H and O–H groups in total. The van der Waals surface area contributed by atoms with Gasteiger partial charge in [0, 0.05) is 18.8 Å². The van der Waals surface area contributed by atoms with Crippen LogP contribution in [-0.2, 0) is 0 Å². The molecule has 1 saturated heterocycles. The van der Waals surface area contributed by atoms with E-state index in [1.54, 1.807) is 4.90 Å². The number of rotatable bonds is 1. The second-order valence-corrected chi connectivity index (χ2v) is 4.95. The maximum atomic E-state index is 13.5. The van der Waals surface area contributed by atoms with Gasteiger partial charge in [0.25, 0.3) is 5.91 Å². The first kappa shape index (κ1) is 12.9. The van der Waals surface area contributed by atoms with Crippen LogP contribution in [0.3, 0.4) is 0 Å². The van der Waals surface area contributed by atoms with E-state index in [2.05, 4.69) is 11.9 Å². The lowest BCUT2D eigenvalue weighted by Gasteiger charge is -2.36. The van der Waals surface area contributed by atoms with Crippen LogP contribution in [0.25, 0.3) is 0 Å². The lowest BCUT2D eigenvalue weighted by Crippen LogP contribution is -2.45. The minimum atomic E-state index is -1.22. The molecule has 1 aromatic heterocycles. The predicted octanol–water partition coefficient (Wildman–Crippen LogP) is 2.62. The van der Waals surface area contributed by atoms with Crippen LogP contribution in [0.15, 0.2) is 12.3 Å². The summed E-state index contributed by atoms with van der Waals surface area (Å²) < 4.78 is 26.6. The molecule has 0 bridgehead atoms. The van der Waals surface area contributed by atoms with E-state index in [0.717, 1.165) is 19.0 Å². The Hall–Kier alpha value is -1.52. The van der Waals surface area contributed by atoms with E-state index in [9.17, 15) is 13.6 Å². The molecule has 18 heavy (non-hydrogen) atoms. The molecule has 0 radical (unpaired) electrons. The van der Waals surface area contributed by atoms with Crippen LogP contribution in [0.2, 0.25) is 0 Å². The highest BCUT2D eigenvalue weighted by molar-refractivity contribution is 5.94. The third-order valence-electron chi connectivity index (χ3n) is 3.46. The summed E-state index contributed by atoms with van der Waals surface area (Å²) in [7, 11) is 0. The first-order valence-electron chi connectivity index (χ1n) is 6.11. The zero-order chi connectivity index (χ0) is 13.3. The summed E-state index contributed by atoms with van der Waals surface area (Å²) in [5.74, 6) is -2.45. The van der Waals surface area contributed by atoms with Gasteiger partial charge >= 0.3 is 0 Å². The summed E-state index contributed by atoms with van der Waals surface area (Å²) in [5, 5.41) is 0. The lowest BCUT2D eigenvalue weighted by molar-refractivity contribution is 0.0568. The van der Waals surface area contributed by atoms with Gasteiger partial charge in [0.2, 0.25) is 5.95 Å². The monoisotopic (exact) mass is 254 g/mol. The number of hydrogen-bond acceptors (Lipinski definition) is 2. The Labute approximate surface area is 105 Å². The summed E-state index contributed by atoms with van der Waals surface area (Å²) >= 11 is 0. The van der Waals surface area contributed by atoms with E-state index in [1.165, 1.54) is 6.07 Å². The van der Waals surface area contributed by atoms with E-state index >= 15 is 0 Å². The van der Waals surface area contributed by atoms with Crippen molar-refractivity contribution in [1.29, 1.82) is 0 Å². The normalized spacial score (nSPS) is 24.1. The number of carbonyl (C=O) groups is 1. The molecule has 2 rings (SSSR count). The molecule has 1 aromatic rings. The van der Waals surface area contributed by atoms with Crippen molar-refractivity contribution < 1.29 is 13.6 Å². The molecule has 1 aliphatic rings. The van der Waals surface area contributed by atoms with E-state index < -0.39 is 17.7 Å². The number of halogens is 2. The fourth-order valence-corrected chi connectivity index (χ4v) is 2.31. The highest BCUT2D eigenvalue weighted by Gasteiger charge is 2.29. The fourth-order valence-electron chi connectivity index (χ4n) is 2.31. The Balaban J connectivity index is 2.27. The van der Waals surface area contributed by atoms with Crippen LogP contribution in [-0.4, -0.2) is 28.4 Å². The minimum Gasteiger partial charge on any atom is -0.336 e. The molecule has 3 nitrogen and oxygen atoms in total. The molecule has 0 saturated carbocycles. The standard InChI is InChI=1S/C13H16F2N2O/c1-8-3-4-9(2)17(7-8)13(18)10-5-6-16-12(15)11(10)14/h5-6,8-9H,3-4,7H2,1-2H3. The van der Waals surface area contributed by atoms with Gasteiger partial charge in [-0.15, -0.1) is 0 Å². The van der Waals surface area contributed by atoms with E-state index in [-0.39, 0.29) is 11.6 Å². The Morgan fingerprint density at radius 1 is 1.39 bits per heavy atom. The van der Waals surface area contributed by atoms with Crippen LogP contribution in [0.4, 0.5) is 8.78 Å². The van der Waals surface area contributed by atoms with E-state index in [4.69, 9.17) is 0 Å². The summed E-state index contributed by atoms with van der Waals surface area (Å²) in [6.45, 7) is 4.57. The topological polar surface area (TPSA) is 33.2 Å². The molecule has 5 heteroatoms. The molecule has 2 heterocycles. The summed E-state index contributed by atoms with van der Waals surface area (Å²) in [6, 6.07) is 1.29. The average molecular weight is 254 g/mol. The molecule has 2 atom stereocenters. The predicted molar refractivity (Wildman–Crippen MR) is 63.0 cm³/mol. The summed E-state index contributed by atoms with van der Waals surface area (Å²) in [5.41, 5.74) is -0.233. The van der Waals surface area contributed by atoms with Crippen LogP contribution < -0.4 is 0 Å². The van der Waals surface area contributed by atoms with Crippen molar-refractivity contribution in [1.82, 2.24) is 9.88 Å². The van der Waals surface area contributed by atoms with E-state index in [1.807, 2.05) is 6.92 Å². The van der Waals surface area contributed by atoms with Crippen molar-refractivity contribution in [2.24, 2.45) is 5.92 Å². The molecule has 98 valence electrons. The molecular weight excluding hydrogens is 238 g/mol. The SMILES string of the molecule is CC1CCC(C)N(C(=O)c2ccnc(F)c2F)C1. The summed E-state index contributed by atoms with van der Waals surface area (Å²) in [4.78, 5) is 17.0. The number of carbonyl (C=O) groups excluding carboxylic acids is 1. The first-order chi connectivity index (χ1) is 8.50. The third kappa shape index (κ3) is 2.35. The van der Waals surface area contributed by atoms with Crippen molar-refractivity contribution in [2.75, 3.05) is 6.54 Å². The lowest BCUT2D eigenvalue weighted by atomic mass is 9.94. The number of aromatic nitrogens is 1. The molecule has 0 aromatic carbocycles. The zero-order valence-corrected chi connectivity index (χ0v) is 10.5. The van der Waals surface area contributed by atoms with Crippen molar-refractivity contribution >= 4 is 5.91 Å². The molecular formula is C13H16F2N2O. The number of nitrogens with zero attached hydrogens (tertiary/aromatic N) is 2. The number of pyridine rings is 1. The average Bonchev–Trinajstić information content (AvgIpc) is 2.35. The van der Waals surface area contributed by atoms with Gasteiger partial charge in [0.1, 0.15) is 0 Å². The Morgan fingerprint density at radius 2 is 2.11 bits per heavy atom. The Morgan fingerprint density at radius 3 is 2.83 bits per heavy atom. The van der Waals surface area contributed by atoms with Crippen LogP contribution in [0.1, 0.15) is 37.0 Å². The number of hydrogen-bond donors (Lipinski definition) is 0. The number of likely N-dealkylation sites (tertiary alicyclic amines) is 1. The second-order valence-electron chi connectivity index (χ2n) is 4.95. The second kappa shape index (κ2) is 5.00. The largest absolute Gasteiger partial charge is 0.336 e. The maximum Gasteiger partial charge on any atom is 0.257 e. The Kier molecular flexibility index (Phi) is 3.59. The molecule has 1 aliphatic heterocycles. The van der Waals surface area contributed by atoms with Gasteiger partial charge in [0.15, 0.2) is 5.82 Å². The maximum absolute atomic E-state index is 13.5. The quantitative estimate of drug-likeness (QED) is 0.722. The number of amides is 1. The van der Waals surface area contributed by atoms with Gasteiger partial charge in [0.05, 0.1) is 5.56 Å². The smallest absolute Gasteiger partial charge is 0.257 e. The zero-order valence-electron chi connectivity index (χ0n) is 10.5. The highest BCUT2D eigenvalue weighted by atomic mass is 19.2.